The monoisotopic (exact) mass is 276 g/mol. The molecule has 0 aromatic heterocycles. The molecular formula is C17H25FN2. The molecule has 2 fully saturated rings. The Morgan fingerprint density at radius 3 is 2.40 bits per heavy atom. The maximum absolute atomic E-state index is 13.7. The van der Waals surface area contributed by atoms with Crippen molar-refractivity contribution in [3.8, 4) is 0 Å². The Balaban J connectivity index is 1.56. The largest absolute Gasteiger partial charge is 0.323 e. The normalized spacial score (nSPS) is 24.1. The first-order chi connectivity index (χ1) is 9.69. The Labute approximate surface area is 121 Å². The average Bonchev–Trinajstić information content (AvgIpc) is 2.90. The zero-order chi connectivity index (χ0) is 14.0. The molecule has 2 nitrogen and oxygen atoms in total. The molecule has 0 radical (unpaired) electrons. The Morgan fingerprint density at radius 1 is 1.10 bits per heavy atom. The fourth-order valence-corrected chi connectivity index (χ4v) is 3.99. The number of benzene rings is 1. The van der Waals surface area contributed by atoms with Gasteiger partial charge in [0.25, 0.3) is 0 Å². The van der Waals surface area contributed by atoms with Gasteiger partial charge in [-0.05, 0) is 50.3 Å². The van der Waals surface area contributed by atoms with E-state index in [1.807, 2.05) is 12.1 Å². The van der Waals surface area contributed by atoms with E-state index in [4.69, 9.17) is 5.73 Å². The molecule has 0 bridgehead atoms. The highest BCUT2D eigenvalue weighted by Crippen LogP contribution is 2.46. The predicted octanol–water partition coefficient (Wildman–Crippen LogP) is 3.48. The molecule has 1 saturated carbocycles. The van der Waals surface area contributed by atoms with Crippen LogP contribution in [0, 0.1) is 11.2 Å². The van der Waals surface area contributed by atoms with Gasteiger partial charge in [0.2, 0.25) is 0 Å². The number of nitrogens with two attached hydrogens (primary N) is 1. The van der Waals surface area contributed by atoms with Crippen LogP contribution in [0.25, 0.3) is 0 Å². The first-order valence-corrected chi connectivity index (χ1v) is 7.91. The van der Waals surface area contributed by atoms with Crippen LogP contribution in [0.1, 0.15) is 50.1 Å². The summed E-state index contributed by atoms with van der Waals surface area (Å²) < 4.78 is 13.7. The second-order valence-electron chi connectivity index (χ2n) is 6.64. The van der Waals surface area contributed by atoms with E-state index in [0.717, 1.165) is 19.6 Å². The smallest absolute Gasteiger partial charge is 0.128 e. The summed E-state index contributed by atoms with van der Waals surface area (Å²) >= 11 is 0. The second kappa shape index (κ2) is 5.82. The molecular weight excluding hydrogens is 251 g/mol. The van der Waals surface area contributed by atoms with Gasteiger partial charge in [0, 0.05) is 18.2 Å². The molecule has 1 saturated heterocycles. The van der Waals surface area contributed by atoms with Crippen molar-refractivity contribution in [2.24, 2.45) is 11.1 Å². The Kier molecular flexibility index (Phi) is 4.08. The van der Waals surface area contributed by atoms with Gasteiger partial charge in [-0.3, -0.25) is 0 Å². The highest BCUT2D eigenvalue weighted by atomic mass is 19.1. The summed E-state index contributed by atoms with van der Waals surface area (Å²) in [6.45, 7) is 3.03. The zero-order valence-electron chi connectivity index (χ0n) is 12.2. The van der Waals surface area contributed by atoms with Crippen LogP contribution in [0.5, 0.6) is 0 Å². The SMILES string of the molecule is NC(CN1CCC2(CCCC2)CC1)c1ccccc1F. The third kappa shape index (κ3) is 2.89. The van der Waals surface area contributed by atoms with Crippen molar-refractivity contribution in [1.29, 1.82) is 0 Å². The van der Waals surface area contributed by atoms with E-state index in [0.29, 0.717) is 11.0 Å². The standard InChI is InChI=1S/C17H25FN2/c18-15-6-2-1-5-14(15)16(19)13-20-11-9-17(10-12-20)7-3-4-8-17/h1-2,5-6,16H,3-4,7-13,19H2. The van der Waals surface area contributed by atoms with E-state index < -0.39 is 0 Å². The second-order valence-corrected chi connectivity index (χ2v) is 6.64. The lowest BCUT2D eigenvalue weighted by molar-refractivity contribution is 0.104. The molecule has 3 rings (SSSR count). The summed E-state index contributed by atoms with van der Waals surface area (Å²) in [4.78, 5) is 2.42. The van der Waals surface area contributed by atoms with Crippen LogP contribution in [0.15, 0.2) is 24.3 Å². The summed E-state index contributed by atoms with van der Waals surface area (Å²) in [5.74, 6) is -0.177. The van der Waals surface area contributed by atoms with E-state index in [-0.39, 0.29) is 11.9 Å². The number of likely N-dealkylation sites (tertiary alicyclic amines) is 1. The maximum Gasteiger partial charge on any atom is 0.128 e. The Hall–Kier alpha value is -0.930. The summed E-state index contributed by atoms with van der Waals surface area (Å²) in [7, 11) is 0. The fraction of sp³-hybridized carbons (Fsp3) is 0.647. The van der Waals surface area contributed by atoms with Crippen LogP contribution < -0.4 is 5.73 Å². The Morgan fingerprint density at radius 2 is 1.75 bits per heavy atom. The minimum absolute atomic E-state index is 0.177. The maximum atomic E-state index is 13.7. The van der Waals surface area contributed by atoms with Crippen LogP contribution in [0.2, 0.25) is 0 Å². The van der Waals surface area contributed by atoms with Crippen molar-refractivity contribution in [2.75, 3.05) is 19.6 Å². The number of rotatable bonds is 3. The van der Waals surface area contributed by atoms with Crippen molar-refractivity contribution < 1.29 is 4.39 Å². The van der Waals surface area contributed by atoms with Gasteiger partial charge in [-0.25, -0.2) is 4.39 Å². The zero-order valence-corrected chi connectivity index (χ0v) is 12.2. The number of hydrogen-bond acceptors (Lipinski definition) is 2. The molecule has 1 aliphatic heterocycles. The summed E-state index contributed by atoms with van der Waals surface area (Å²) in [5.41, 5.74) is 7.47. The first kappa shape index (κ1) is 14.0. The van der Waals surface area contributed by atoms with E-state index >= 15 is 0 Å². The third-order valence-electron chi connectivity index (χ3n) is 5.34. The van der Waals surface area contributed by atoms with Crippen LogP contribution in [-0.4, -0.2) is 24.5 Å². The molecule has 3 heteroatoms. The molecule has 2 N–H and O–H groups in total. The minimum Gasteiger partial charge on any atom is -0.323 e. The summed E-state index contributed by atoms with van der Waals surface area (Å²) in [6.07, 6.45) is 8.26. The molecule has 110 valence electrons. The molecule has 1 aliphatic carbocycles. The summed E-state index contributed by atoms with van der Waals surface area (Å²) in [5, 5.41) is 0. The third-order valence-corrected chi connectivity index (χ3v) is 5.34. The van der Waals surface area contributed by atoms with Crippen LogP contribution in [0.3, 0.4) is 0 Å². The van der Waals surface area contributed by atoms with Gasteiger partial charge in [-0.2, -0.15) is 0 Å². The molecule has 0 amide bonds. The van der Waals surface area contributed by atoms with Crippen LogP contribution in [-0.2, 0) is 0 Å². The quantitative estimate of drug-likeness (QED) is 0.915. The van der Waals surface area contributed by atoms with E-state index in [1.54, 1.807) is 6.07 Å². The molecule has 20 heavy (non-hydrogen) atoms. The van der Waals surface area contributed by atoms with Gasteiger partial charge in [0.1, 0.15) is 5.82 Å². The minimum atomic E-state index is -0.214. The van der Waals surface area contributed by atoms with Gasteiger partial charge in [0.05, 0.1) is 0 Å². The Bertz CT molecular complexity index is 444. The number of hydrogen-bond donors (Lipinski definition) is 1. The lowest BCUT2D eigenvalue weighted by Crippen LogP contribution is -2.42. The van der Waals surface area contributed by atoms with E-state index in [2.05, 4.69) is 4.90 Å². The molecule has 1 atom stereocenters. The average molecular weight is 276 g/mol. The highest BCUT2D eigenvalue weighted by molar-refractivity contribution is 5.21. The number of nitrogens with zero attached hydrogens (tertiary/aromatic N) is 1. The summed E-state index contributed by atoms with van der Waals surface area (Å²) in [6, 6.07) is 6.67. The molecule has 1 aromatic rings. The molecule has 1 unspecified atom stereocenters. The lowest BCUT2D eigenvalue weighted by Gasteiger charge is -2.40. The van der Waals surface area contributed by atoms with E-state index in [1.165, 1.54) is 44.6 Å². The topological polar surface area (TPSA) is 29.3 Å². The molecule has 2 aliphatic rings. The van der Waals surface area contributed by atoms with Crippen LogP contribution in [0.4, 0.5) is 4.39 Å². The number of piperidine rings is 1. The van der Waals surface area contributed by atoms with Crippen molar-refractivity contribution in [1.82, 2.24) is 4.90 Å². The van der Waals surface area contributed by atoms with Gasteiger partial charge in [-0.15, -0.1) is 0 Å². The van der Waals surface area contributed by atoms with Crippen molar-refractivity contribution in [3.05, 3.63) is 35.6 Å². The first-order valence-electron chi connectivity index (χ1n) is 7.91. The van der Waals surface area contributed by atoms with Gasteiger partial charge < -0.3 is 10.6 Å². The molecule has 1 aromatic carbocycles. The predicted molar refractivity (Wildman–Crippen MR) is 79.9 cm³/mol. The van der Waals surface area contributed by atoms with E-state index in [9.17, 15) is 4.39 Å². The van der Waals surface area contributed by atoms with Gasteiger partial charge in [-0.1, -0.05) is 31.0 Å². The van der Waals surface area contributed by atoms with Crippen LogP contribution >= 0.6 is 0 Å². The molecule has 1 heterocycles. The van der Waals surface area contributed by atoms with Crippen molar-refractivity contribution >= 4 is 0 Å². The van der Waals surface area contributed by atoms with Crippen molar-refractivity contribution in [3.63, 3.8) is 0 Å². The fourth-order valence-electron chi connectivity index (χ4n) is 3.99. The number of halogens is 1. The van der Waals surface area contributed by atoms with Gasteiger partial charge >= 0.3 is 0 Å². The van der Waals surface area contributed by atoms with Gasteiger partial charge in [0.15, 0.2) is 0 Å². The van der Waals surface area contributed by atoms with Crippen molar-refractivity contribution in [2.45, 2.75) is 44.6 Å². The molecule has 1 spiro atoms. The highest BCUT2D eigenvalue weighted by Gasteiger charge is 2.37. The lowest BCUT2D eigenvalue weighted by atomic mass is 9.77.